The predicted octanol–water partition coefficient (Wildman–Crippen LogP) is 2.63. The molecule has 130 valence electrons. The van der Waals surface area contributed by atoms with Crippen molar-refractivity contribution in [3.8, 4) is 5.75 Å². The average molecular weight is 352 g/mol. The lowest BCUT2D eigenvalue weighted by Gasteiger charge is -2.26. The molecule has 6 nitrogen and oxygen atoms in total. The summed E-state index contributed by atoms with van der Waals surface area (Å²) in [4.78, 5) is 21.5. The molecule has 1 unspecified atom stereocenters. The Bertz CT molecular complexity index is 617. The molecule has 0 saturated carbocycles. The third-order valence-corrected chi connectivity index (χ3v) is 3.75. The van der Waals surface area contributed by atoms with Crippen LogP contribution in [-0.2, 0) is 11.3 Å². The number of aromatic nitrogens is 2. The van der Waals surface area contributed by atoms with E-state index in [1.54, 1.807) is 41.6 Å². The number of aliphatic hydroxyl groups is 1. The van der Waals surface area contributed by atoms with E-state index in [1.165, 1.54) is 0 Å². The zero-order valence-corrected chi connectivity index (χ0v) is 14.4. The summed E-state index contributed by atoms with van der Waals surface area (Å²) in [5, 5.41) is 9.88. The fourth-order valence-electron chi connectivity index (χ4n) is 2.33. The highest BCUT2D eigenvalue weighted by atomic mass is 35.5. The molecule has 0 aliphatic carbocycles. The number of aliphatic hydroxyl groups excluding tert-OH is 1. The van der Waals surface area contributed by atoms with E-state index in [9.17, 15) is 9.90 Å². The van der Waals surface area contributed by atoms with E-state index in [4.69, 9.17) is 16.3 Å². The van der Waals surface area contributed by atoms with Gasteiger partial charge in [0.2, 0.25) is 0 Å². The van der Waals surface area contributed by atoms with E-state index in [0.717, 1.165) is 6.42 Å². The number of imidazole rings is 1. The molecule has 0 aliphatic rings. The van der Waals surface area contributed by atoms with Crippen LogP contribution in [0.4, 0.5) is 0 Å². The van der Waals surface area contributed by atoms with Crippen LogP contribution in [0.1, 0.15) is 25.6 Å². The van der Waals surface area contributed by atoms with Crippen molar-refractivity contribution in [2.75, 3.05) is 13.2 Å². The maximum absolute atomic E-state index is 12.8. The molecule has 0 radical (unpaired) electrons. The number of hydrogen-bond acceptors (Lipinski definition) is 4. The minimum Gasteiger partial charge on any atom is -0.481 e. The van der Waals surface area contributed by atoms with Gasteiger partial charge in [0.05, 0.1) is 13.2 Å². The van der Waals surface area contributed by atoms with Gasteiger partial charge in [-0.25, -0.2) is 4.98 Å². The van der Waals surface area contributed by atoms with Crippen LogP contribution in [0.15, 0.2) is 36.7 Å². The summed E-state index contributed by atoms with van der Waals surface area (Å²) >= 11 is 5.87. The molecule has 0 saturated heterocycles. The number of H-pyrrole nitrogens is 1. The van der Waals surface area contributed by atoms with Gasteiger partial charge in [0, 0.05) is 24.0 Å². The number of carbonyl (C=O) groups excluding carboxylic acids is 1. The molecule has 1 aromatic carbocycles. The second-order valence-corrected chi connectivity index (χ2v) is 5.80. The minimum atomic E-state index is -0.613. The molecule has 1 atom stereocenters. The van der Waals surface area contributed by atoms with Crippen molar-refractivity contribution in [3.63, 3.8) is 0 Å². The minimum absolute atomic E-state index is 0.119. The Labute approximate surface area is 146 Å². The maximum Gasteiger partial charge on any atom is 0.264 e. The molecule has 2 aromatic rings. The average Bonchev–Trinajstić information content (AvgIpc) is 3.08. The quantitative estimate of drug-likeness (QED) is 0.728. The normalized spacial score (nSPS) is 12.0. The topological polar surface area (TPSA) is 78.4 Å². The highest BCUT2D eigenvalue weighted by molar-refractivity contribution is 6.30. The van der Waals surface area contributed by atoms with Crippen LogP contribution in [0.2, 0.25) is 5.02 Å². The first kappa shape index (κ1) is 18.3. The SMILES string of the molecule is CCCC(Oc1ccc(Cl)cc1)C(=O)N(CCO)Cc1ncc[nH]1. The molecular formula is C17H22ClN3O3. The second-order valence-electron chi connectivity index (χ2n) is 5.37. The molecule has 1 heterocycles. The predicted molar refractivity (Wildman–Crippen MR) is 91.9 cm³/mol. The molecule has 0 bridgehead atoms. The van der Waals surface area contributed by atoms with Crippen molar-refractivity contribution in [2.45, 2.75) is 32.4 Å². The second kappa shape index (κ2) is 9.30. The van der Waals surface area contributed by atoms with Gasteiger partial charge < -0.3 is 19.7 Å². The van der Waals surface area contributed by atoms with E-state index in [-0.39, 0.29) is 19.1 Å². The van der Waals surface area contributed by atoms with Gasteiger partial charge in [0.25, 0.3) is 5.91 Å². The monoisotopic (exact) mass is 351 g/mol. The number of nitrogens with zero attached hydrogens (tertiary/aromatic N) is 2. The van der Waals surface area contributed by atoms with Crippen LogP contribution in [0, 0.1) is 0 Å². The molecule has 24 heavy (non-hydrogen) atoms. The summed E-state index contributed by atoms with van der Waals surface area (Å²) in [5.74, 6) is 1.09. The van der Waals surface area contributed by atoms with Crippen molar-refractivity contribution in [1.82, 2.24) is 14.9 Å². The molecule has 7 heteroatoms. The fraction of sp³-hybridized carbons (Fsp3) is 0.412. The van der Waals surface area contributed by atoms with Crippen molar-refractivity contribution in [1.29, 1.82) is 0 Å². The number of carbonyl (C=O) groups is 1. The Kier molecular flexibility index (Phi) is 7.08. The van der Waals surface area contributed by atoms with Gasteiger partial charge in [-0.05, 0) is 30.7 Å². The number of amides is 1. The standard InChI is InChI=1S/C17H22ClN3O3/c1-2-3-15(24-14-6-4-13(18)5-7-14)17(23)21(10-11-22)12-16-19-8-9-20-16/h4-9,15,22H,2-3,10-12H2,1H3,(H,19,20). The lowest BCUT2D eigenvalue weighted by molar-refractivity contribution is -0.140. The van der Waals surface area contributed by atoms with E-state index in [2.05, 4.69) is 9.97 Å². The van der Waals surface area contributed by atoms with Gasteiger partial charge in [-0.15, -0.1) is 0 Å². The molecule has 1 amide bonds. The summed E-state index contributed by atoms with van der Waals surface area (Å²) < 4.78 is 5.86. The van der Waals surface area contributed by atoms with Gasteiger partial charge in [0.1, 0.15) is 11.6 Å². The highest BCUT2D eigenvalue weighted by Crippen LogP contribution is 2.19. The Morgan fingerprint density at radius 2 is 2.17 bits per heavy atom. The number of benzene rings is 1. The highest BCUT2D eigenvalue weighted by Gasteiger charge is 2.26. The van der Waals surface area contributed by atoms with E-state index < -0.39 is 6.10 Å². The number of ether oxygens (including phenoxy) is 1. The van der Waals surface area contributed by atoms with Crippen molar-refractivity contribution in [3.05, 3.63) is 47.5 Å². The third-order valence-electron chi connectivity index (χ3n) is 3.50. The van der Waals surface area contributed by atoms with Crippen molar-refractivity contribution >= 4 is 17.5 Å². The molecule has 2 rings (SSSR count). The lowest BCUT2D eigenvalue weighted by Crippen LogP contribution is -2.43. The smallest absolute Gasteiger partial charge is 0.264 e. The number of nitrogens with one attached hydrogen (secondary N) is 1. The maximum atomic E-state index is 12.8. The van der Waals surface area contributed by atoms with Crippen LogP contribution in [-0.4, -0.2) is 45.1 Å². The van der Waals surface area contributed by atoms with Gasteiger partial charge in [-0.2, -0.15) is 0 Å². The Morgan fingerprint density at radius 3 is 2.75 bits per heavy atom. The van der Waals surface area contributed by atoms with E-state index >= 15 is 0 Å². The van der Waals surface area contributed by atoms with Crippen molar-refractivity contribution < 1.29 is 14.6 Å². The summed E-state index contributed by atoms with van der Waals surface area (Å²) in [6.45, 7) is 2.40. The zero-order chi connectivity index (χ0) is 17.4. The Hall–Kier alpha value is -2.05. The number of aromatic amines is 1. The first-order valence-corrected chi connectivity index (χ1v) is 8.32. The van der Waals surface area contributed by atoms with Gasteiger partial charge >= 0.3 is 0 Å². The number of halogens is 1. The molecule has 2 N–H and O–H groups in total. The van der Waals surface area contributed by atoms with Crippen LogP contribution in [0.3, 0.4) is 0 Å². The molecule has 0 spiro atoms. The van der Waals surface area contributed by atoms with E-state index in [1.807, 2.05) is 6.92 Å². The Morgan fingerprint density at radius 1 is 1.42 bits per heavy atom. The summed E-state index contributed by atoms with van der Waals surface area (Å²) in [6, 6.07) is 6.92. The van der Waals surface area contributed by atoms with Crippen LogP contribution in [0.5, 0.6) is 5.75 Å². The van der Waals surface area contributed by atoms with Crippen molar-refractivity contribution in [2.24, 2.45) is 0 Å². The first-order valence-electron chi connectivity index (χ1n) is 7.94. The van der Waals surface area contributed by atoms with Gasteiger partial charge in [0.15, 0.2) is 6.10 Å². The largest absolute Gasteiger partial charge is 0.481 e. The van der Waals surface area contributed by atoms with Gasteiger partial charge in [-0.1, -0.05) is 24.9 Å². The molecule has 1 aromatic heterocycles. The van der Waals surface area contributed by atoms with Gasteiger partial charge in [-0.3, -0.25) is 4.79 Å². The number of rotatable bonds is 9. The summed E-state index contributed by atoms with van der Waals surface area (Å²) in [6.07, 6.45) is 4.10. The molecular weight excluding hydrogens is 330 g/mol. The van der Waals surface area contributed by atoms with E-state index in [0.29, 0.717) is 29.6 Å². The number of hydrogen-bond donors (Lipinski definition) is 2. The molecule has 0 aliphatic heterocycles. The third kappa shape index (κ3) is 5.25. The summed E-state index contributed by atoms with van der Waals surface area (Å²) in [5.41, 5.74) is 0. The Balaban J connectivity index is 2.10. The van der Waals surface area contributed by atoms with Crippen LogP contribution < -0.4 is 4.74 Å². The molecule has 0 fully saturated rings. The summed E-state index contributed by atoms with van der Waals surface area (Å²) in [7, 11) is 0. The van der Waals surface area contributed by atoms with Crippen LogP contribution >= 0.6 is 11.6 Å². The first-order chi connectivity index (χ1) is 11.6. The lowest BCUT2D eigenvalue weighted by atomic mass is 10.1. The zero-order valence-electron chi connectivity index (χ0n) is 13.6. The van der Waals surface area contributed by atoms with Crippen LogP contribution in [0.25, 0.3) is 0 Å². The fourth-order valence-corrected chi connectivity index (χ4v) is 2.46.